The van der Waals surface area contributed by atoms with E-state index in [9.17, 15) is 13.5 Å². The van der Waals surface area contributed by atoms with E-state index in [1.165, 1.54) is 36.4 Å². The Kier molecular flexibility index (Phi) is 3.99. The third-order valence-electron chi connectivity index (χ3n) is 2.40. The van der Waals surface area contributed by atoms with Crippen molar-refractivity contribution < 1.29 is 13.5 Å². The van der Waals surface area contributed by atoms with Crippen molar-refractivity contribution in [3.8, 4) is 5.75 Å². The number of benzene rings is 2. The first kappa shape index (κ1) is 14.8. The van der Waals surface area contributed by atoms with Crippen LogP contribution in [0.5, 0.6) is 5.75 Å². The second-order valence-electron chi connectivity index (χ2n) is 3.96. The van der Waals surface area contributed by atoms with Crippen LogP contribution >= 0.6 is 23.2 Å². The van der Waals surface area contributed by atoms with Crippen molar-refractivity contribution in [2.45, 2.75) is 4.90 Å². The standard InChI is InChI=1S/C12H10Cl2N2O3S/c13-7-4-10(14)12(11(15)5-7)20(18,19)16-8-2-1-3-9(17)6-8/h1-6,16-17H,15H2. The topological polar surface area (TPSA) is 92.4 Å². The lowest BCUT2D eigenvalue weighted by Gasteiger charge is -2.12. The van der Waals surface area contributed by atoms with Gasteiger partial charge in [-0.25, -0.2) is 8.42 Å². The number of anilines is 2. The molecule has 4 N–H and O–H groups in total. The summed E-state index contributed by atoms with van der Waals surface area (Å²) in [7, 11) is -3.98. The Balaban J connectivity index is 2.46. The summed E-state index contributed by atoms with van der Waals surface area (Å²) in [6, 6.07) is 8.25. The second kappa shape index (κ2) is 5.40. The molecular weight excluding hydrogens is 323 g/mol. The normalized spacial score (nSPS) is 11.3. The van der Waals surface area contributed by atoms with E-state index in [0.717, 1.165) is 0 Å². The number of halogens is 2. The van der Waals surface area contributed by atoms with Crippen LogP contribution in [0.4, 0.5) is 11.4 Å². The number of phenols is 1. The number of nitrogens with one attached hydrogen (secondary N) is 1. The summed E-state index contributed by atoms with van der Waals surface area (Å²) in [5.41, 5.74) is 5.78. The van der Waals surface area contributed by atoms with Gasteiger partial charge in [0, 0.05) is 11.1 Å². The molecule has 0 aliphatic carbocycles. The van der Waals surface area contributed by atoms with E-state index in [4.69, 9.17) is 28.9 Å². The molecule has 8 heteroatoms. The second-order valence-corrected chi connectivity index (χ2v) is 6.42. The lowest BCUT2D eigenvalue weighted by molar-refractivity contribution is 0.475. The lowest BCUT2D eigenvalue weighted by atomic mass is 10.3. The van der Waals surface area contributed by atoms with Crippen molar-refractivity contribution in [3.05, 3.63) is 46.4 Å². The molecule has 0 unspecified atom stereocenters. The highest BCUT2D eigenvalue weighted by molar-refractivity contribution is 7.93. The Hall–Kier alpha value is -1.63. The molecule has 2 aromatic carbocycles. The molecule has 20 heavy (non-hydrogen) atoms. The molecule has 0 radical (unpaired) electrons. The fourth-order valence-corrected chi connectivity index (χ4v) is 3.68. The van der Waals surface area contributed by atoms with Crippen LogP contribution in [0.2, 0.25) is 10.0 Å². The average molecular weight is 333 g/mol. The van der Waals surface area contributed by atoms with Crippen LogP contribution < -0.4 is 10.5 Å². The monoisotopic (exact) mass is 332 g/mol. The summed E-state index contributed by atoms with van der Waals surface area (Å²) in [4.78, 5) is -0.257. The maximum Gasteiger partial charge on any atom is 0.265 e. The van der Waals surface area contributed by atoms with Crippen molar-refractivity contribution in [1.82, 2.24) is 0 Å². The fraction of sp³-hybridized carbons (Fsp3) is 0. The van der Waals surface area contributed by atoms with Crippen molar-refractivity contribution in [3.63, 3.8) is 0 Å². The molecule has 0 spiro atoms. The number of sulfonamides is 1. The zero-order valence-corrected chi connectivity index (χ0v) is 12.3. The van der Waals surface area contributed by atoms with Gasteiger partial charge < -0.3 is 10.8 Å². The van der Waals surface area contributed by atoms with E-state index in [2.05, 4.69) is 4.72 Å². The van der Waals surface area contributed by atoms with Crippen molar-refractivity contribution in [1.29, 1.82) is 0 Å². The molecule has 106 valence electrons. The van der Waals surface area contributed by atoms with Crippen molar-refractivity contribution in [2.75, 3.05) is 10.5 Å². The highest BCUT2D eigenvalue weighted by Gasteiger charge is 2.22. The Morgan fingerprint density at radius 2 is 1.85 bits per heavy atom. The molecule has 0 bridgehead atoms. The van der Waals surface area contributed by atoms with Gasteiger partial charge in [-0.2, -0.15) is 0 Å². The summed E-state index contributed by atoms with van der Waals surface area (Å²) in [6.45, 7) is 0. The number of hydrogen-bond donors (Lipinski definition) is 3. The number of nitrogens with two attached hydrogens (primary N) is 1. The van der Waals surface area contributed by atoms with E-state index in [0.29, 0.717) is 0 Å². The minimum absolute atomic E-state index is 0.0600. The van der Waals surface area contributed by atoms with Gasteiger partial charge in [-0.1, -0.05) is 29.3 Å². The van der Waals surface area contributed by atoms with E-state index in [-0.39, 0.29) is 32.1 Å². The Morgan fingerprint density at radius 1 is 1.15 bits per heavy atom. The first-order valence-electron chi connectivity index (χ1n) is 5.36. The number of phenolic OH excluding ortho intramolecular Hbond substituents is 1. The average Bonchev–Trinajstić information content (AvgIpc) is 2.25. The molecular formula is C12H10Cl2N2O3S. The maximum absolute atomic E-state index is 12.3. The predicted molar refractivity (Wildman–Crippen MR) is 79.8 cm³/mol. The predicted octanol–water partition coefficient (Wildman–Crippen LogP) is 3.08. The molecule has 5 nitrogen and oxygen atoms in total. The molecule has 0 fully saturated rings. The third kappa shape index (κ3) is 3.09. The fourth-order valence-electron chi connectivity index (χ4n) is 1.64. The van der Waals surface area contributed by atoms with Crippen LogP contribution in [0.15, 0.2) is 41.3 Å². The zero-order valence-electron chi connectivity index (χ0n) is 9.97. The molecule has 0 saturated heterocycles. The van der Waals surface area contributed by atoms with Crippen LogP contribution in [0.1, 0.15) is 0 Å². The van der Waals surface area contributed by atoms with Gasteiger partial charge in [0.1, 0.15) is 10.6 Å². The van der Waals surface area contributed by atoms with Crippen LogP contribution in [-0.4, -0.2) is 13.5 Å². The Labute approximate surface area is 126 Å². The highest BCUT2D eigenvalue weighted by Crippen LogP contribution is 2.32. The SMILES string of the molecule is Nc1cc(Cl)cc(Cl)c1S(=O)(=O)Nc1cccc(O)c1. The largest absolute Gasteiger partial charge is 0.508 e. The van der Waals surface area contributed by atoms with Gasteiger partial charge in [0.25, 0.3) is 10.0 Å². The minimum Gasteiger partial charge on any atom is -0.508 e. The molecule has 2 rings (SSSR count). The van der Waals surface area contributed by atoms with Gasteiger partial charge in [-0.3, -0.25) is 4.72 Å². The van der Waals surface area contributed by atoms with Crippen molar-refractivity contribution in [2.24, 2.45) is 0 Å². The lowest BCUT2D eigenvalue weighted by Crippen LogP contribution is -2.15. The third-order valence-corrected chi connectivity index (χ3v) is 4.53. The molecule has 0 aromatic heterocycles. The van der Waals surface area contributed by atoms with E-state index >= 15 is 0 Å². The van der Waals surface area contributed by atoms with Gasteiger partial charge in [0.2, 0.25) is 0 Å². The molecule has 0 atom stereocenters. The molecule has 2 aromatic rings. The number of aromatic hydroxyl groups is 1. The van der Waals surface area contributed by atoms with Gasteiger partial charge in [-0.15, -0.1) is 0 Å². The number of rotatable bonds is 3. The number of hydrogen-bond acceptors (Lipinski definition) is 4. The van der Waals surface area contributed by atoms with Crippen molar-refractivity contribution >= 4 is 44.6 Å². The van der Waals surface area contributed by atoms with Gasteiger partial charge >= 0.3 is 0 Å². The summed E-state index contributed by atoms with van der Waals surface area (Å²) in [5, 5.41) is 9.48. The zero-order chi connectivity index (χ0) is 14.9. The molecule has 0 amide bonds. The van der Waals surface area contributed by atoms with E-state index in [1.54, 1.807) is 0 Å². The summed E-state index contributed by atoms with van der Waals surface area (Å²) < 4.78 is 26.8. The Morgan fingerprint density at radius 3 is 2.45 bits per heavy atom. The quantitative estimate of drug-likeness (QED) is 0.753. The van der Waals surface area contributed by atoms with Crippen LogP contribution in [-0.2, 0) is 10.0 Å². The van der Waals surface area contributed by atoms with Gasteiger partial charge in [0.05, 0.1) is 16.4 Å². The first-order chi connectivity index (χ1) is 9.29. The Bertz CT molecular complexity index is 740. The maximum atomic E-state index is 12.3. The highest BCUT2D eigenvalue weighted by atomic mass is 35.5. The summed E-state index contributed by atoms with van der Waals surface area (Å²) in [6.07, 6.45) is 0. The number of nitrogen functional groups attached to an aromatic ring is 1. The van der Waals surface area contributed by atoms with Crippen LogP contribution in [0.3, 0.4) is 0 Å². The summed E-state index contributed by atoms with van der Waals surface area (Å²) in [5.74, 6) is -0.0691. The van der Waals surface area contributed by atoms with Crippen LogP contribution in [0, 0.1) is 0 Å². The smallest absolute Gasteiger partial charge is 0.265 e. The van der Waals surface area contributed by atoms with E-state index < -0.39 is 10.0 Å². The van der Waals surface area contributed by atoms with Gasteiger partial charge in [0.15, 0.2) is 0 Å². The first-order valence-corrected chi connectivity index (χ1v) is 7.60. The molecule has 0 heterocycles. The molecule has 0 aliphatic heterocycles. The molecule has 0 aliphatic rings. The van der Waals surface area contributed by atoms with Crippen LogP contribution in [0.25, 0.3) is 0 Å². The minimum atomic E-state index is -3.98. The molecule has 0 saturated carbocycles. The van der Waals surface area contributed by atoms with Gasteiger partial charge in [-0.05, 0) is 24.3 Å². The summed E-state index contributed by atoms with van der Waals surface area (Å²) >= 11 is 11.6. The van der Waals surface area contributed by atoms with E-state index in [1.807, 2.05) is 0 Å².